The van der Waals surface area contributed by atoms with E-state index in [4.69, 9.17) is 5.73 Å². The van der Waals surface area contributed by atoms with E-state index < -0.39 is 0 Å². The van der Waals surface area contributed by atoms with Crippen molar-refractivity contribution in [3.05, 3.63) is 0 Å². The second-order valence-electron chi connectivity index (χ2n) is 7.88. The molecule has 2 aliphatic rings. The van der Waals surface area contributed by atoms with Crippen molar-refractivity contribution in [2.75, 3.05) is 13.1 Å². The van der Waals surface area contributed by atoms with Crippen LogP contribution in [0, 0.1) is 5.92 Å². The van der Waals surface area contributed by atoms with Crippen LogP contribution in [0.3, 0.4) is 0 Å². The van der Waals surface area contributed by atoms with Crippen molar-refractivity contribution in [2.24, 2.45) is 11.7 Å². The van der Waals surface area contributed by atoms with Crippen LogP contribution in [0.1, 0.15) is 65.7 Å². The molecular weight excluding hydrogens is 262 g/mol. The predicted molar refractivity (Wildman–Crippen MR) is 87.0 cm³/mol. The van der Waals surface area contributed by atoms with Gasteiger partial charge in [0.2, 0.25) is 5.91 Å². The highest BCUT2D eigenvalue weighted by atomic mass is 16.1. The fourth-order valence-electron chi connectivity index (χ4n) is 4.14. The van der Waals surface area contributed by atoms with Crippen LogP contribution in [0.25, 0.3) is 0 Å². The molecule has 0 spiro atoms. The van der Waals surface area contributed by atoms with Crippen molar-refractivity contribution in [1.82, 2.24) is 10.2 Å². The molecular formula is C17H33N3O. The molecule has 0 radical (unpaired) electrons. The minimum Gasteiger partial charge on any atom is -0.351 e. The van der Waals surface area contributed by atoms with Gasteiger partial charge in [-0.05, 0) is 58.9 Å². The van der Waals surface area contributed by atoms with Crippen LogP contribution >= 0.6 is 0 Å². The van der Waals surface area contributed by atoms with Crippen molar-refractivity contribution >= 4 is 5.91 Å². The number of nitrogens with zero attached hydrogens (tertiary/aromatic N) is 1. The van der Waals surface area contributed by atoms with Gasteiger partial charge in [-0.1, -0.05) is 12.8 Å². The number of carbonyl (C=O) groups is 1. The van der Waals surface area contributed by atoms with E-state index in [-0.39, 0.29) is 17.5 Å². The van der Waals surface area contributed by atoms with Gasteiger partial charge in [0.05, 0.1) is 0 Å². The van der Waals surface area contributed by atoms with Crippen LogP contribution < -0.4 is 11.1 Å². The molecule has 2 unspecified atom stereocenters. The van der Waals surface area contributed by atoms with E-state index in [0.717, 1.165) is 12.5 Å². The van der Waals surface area contributed by atoms with Crippen molar-refractivity contribution in [1.29, 1.82) is 0 Å². The fourth-order valence-corrected chi connectivity index (χ4v) is 4.14. The zero-order valence-electron chi connectivity index (χ0n) is 14.0. The maximum atomic E-state index is 12.2. The summed E-state index contributed by atoms with van der Waals surface area (Å²) in [6.07, 6.45) is 8.59. The normalized spacial score (nSPS) is 26.2. The summed E-state index contributed by atoms with van der Waals surface area (Å²) in [5.41, 5.74) is 5.84. The van der Waals surface area contributed by atoms with Crippen molar-refractivity contribution < 1.29 is 4.79 Å². The molecule has 1 aliphatic heterocycles. The Morgan fingerprint density at radius 3 is 2.48 bits per heavy atom. The standard InChI is InChI=1S/C17H33N3O/c1-17(2,3)19-16(21)11-14(12-18)20-10-6-9-15(20)13-7-4-5-8-13/h13-15H,4-12,18H2,1-3H3,(H,19,21). The third-order valence-electron chi connectivity index (χ3n) is 4.96. The van der Waals surface area contributed by atoms with Crippen LogP contribution in [-0.4, -0.2) is 41.5 Å². The van der Waals surface area contributed by atoms with Gasteiger partial charge in [-0.25, -0.2) is 0 Å². The lowest BCUT2D eigenvalue weighted by atomic mass is 9.94. The molecule has 1 amide bonds. The molecule has 2 rings (SSSR count). The van der Waals surface area contributed by atoms with E-state index in [9.17, 15) is 4.79 Å². The van der Waals surface area contributed by atoms with Gasteiger partial charge in [0.1, 0.15) is 0 Å². The molecule has 1 saturated heterocycles. The molecule has 0 aromatic carbocycles. The lowest BCUT2D eigenvalue weighted by Crippen LogP contribution is -2.50. The lowest BCUT2D eigenvalue weighted by molar-refractivity contribution is -0.123. The molecule has 0 aromatic rings. The number of likely N-dealkylation sites (tertiary alicyclic amines) is 1. The number of hydrogen-bond acceptors (Lipinski definition) is 3. The summed E-state index contributed by atoms with van der Waals surface area (Å²) in [6.45, 7) is 7.78. The molecule has 3 N–H and O–H groups in total. The summed E-state index contributed by atoms with van der Waals surface area (Å²) in [6, 6.07) is 0.879. The summed E-state index contributed by atoms with van der Waals surface area (Å²) < 4.78 is 0. The third kappa shape index (κ3) is 4.68. The first-order chi connectivity index (χ1) is 9.90. The Hall–Kier alpha value is -0.610. The average Bonchev–Trinajstić information content (AvgIpc) is 3.03. The summed E-state index contributed by atoms with van der Waals surface area (Å²) >= 11 is 0. The predicted octanol–water partition coefficient (Wildman–Crippen LogP) is 2.27. The first kappa shape index (κ1) is 16.8. The van der Waals surface area contributed by atoms with Gasteiger partial charge >= 0.3 is 0 Å². The highest BCUT2D eigenvalue weighted by Crippen LogP contribution is 2.36. The number of carbonyl (C=O) groups excluding carboxylic acids is 1. The molecule has 1 heterocycles. The lowest BCUT2D eigenvalue weighted by Gasteiger charge is -2.36. The van der Waals surface area contributed by atoms with Gasteiger partial charge in [0.15, 0.2) is 0 Å². The van der Waals surface area contributed by atoms with E-state index in [0.29, 0.717) is 19.0 Å². The minimum atomic E-state index is -0.161. The van der Waals surface area contributed by atoms with Gasteiger partial charge in [-0.3, -0.25) is 9.69 Å². The Bertz CT molecular complexity index is 344. The fraction of sp³-hybridized carbons (Fsp3) is 0.941. The van der Waals surface area contributed by atoms with Gasteiger partial charge in [-0.2, -0.15) is 0 Å². The molecule has 21 heavy (non-hydrogen) atoms. The first-order valence-electron chi connectivity index (χ1n) is 8.67. The smallest absolute Gasteiger partial charge is 0.222 e. The summed E-state index contributed by atoms with van der Waals surface area (Å²) in [5.74, 6) is 0.974. The van der Waals surface area contributed by atoms with E-state index in [1.165, 1.54) is 38.5 Å². The monoisotopic (exact) mass is 295 g/mol. The SMILES string of the molecule is CC(C)(C)NC(=O)CC(CN)N1CCCC1C1CCCC1. The van der Waals surface area contributed by atoms with Gasteiger partial charge < -0.3 is 11.1 Å². The summed E-state index contributed by atoms with van der Waals surface area (Å²) in [5, 5.41) is 3.07. The Kier molecular flexibility index (Phi) is 5.67. The molecule has 2 atom stereocenters. The molecule has 1 aliphatic carbocycles. The maximum Gasteiger partial charge on any atom is 0.222 e. The van der Waals surface area contributed by atoms with Crippen molar-refractivity contribution in [3.63, 3.8) is 0 Å². The average molecular weight is 295 g/mol. The van der Waals surface area contributed by atoms with Crippen LogP contribution in [0.2, 0.25) is 0 Å². The molecule has 0 bridgehead atoms. The number of nitrogens with one attached hydrogen (secondary N) is 1. The van der Waals surface area contributed by atoms with E-state index in [2.05, 4.69) is 10.2 Å². The minimum absolute atomic E-state index is 0.134. The Labute approximate surface area is 129 Å². The van der Waals surface area contributed by atoms with E-state index >= 15 is 0 Å². The van der Waals surface area contributed by atoms with Crippen LogP contribution in [0.4, 0.5) is 0 Å². The van der Waals surface area contributed by atoms with Crippen LogP contribution in [0.5, 0.6) is 0 Å². The zero-order valence-corrected chi connectivity index (χ0v) is 14.0. The van der Waals surface area contributed by atoms with Gasteiger partial charge in [0, 0.05) is 30.6 Å². The summed E-state index contributed by atoms with van der Waals surface area (Å²) in [4.78, 5) is 14.8. The largest absolute Gasteiger partial charge is 0.351 e. The van der Waals surface area contributed by atoms with Crippen molar-refractivity contribution in [2.45, 2.75) is 83.3 Å². The maximum absolute atomic E-state index is 12.2. The molecule has 1 saturated carbocycles. The molecule has 2 fully saturated rings. The number of amides is 1. The topological polar surface area (TPSA) is 58.4 Å². The Morgan fingerprint density at radius 2 is 1.90 bits per heavy atom. The van der Waals surface area contributed by atoms with Crippen LogP contribution in [-0.2, 0) is 4.79 Å². The summed E-state index contributed by atoms with van der Waals surface area (Å²) in [7, 11) is 0. The third-order valence-corrected chi connectivity index (χ3v) is 4.96. The van der Waals surface area contributed by atoms with E-state index in [1.54, 1.807) is 0 Å². The second-order valence-corrected chi connectivity index (χ2v) is 7.88. The van der Waals surface area contributed by atoms with Crippen LogP contribution in [0.15, 0.2) is 0 Å². The highest BCUT2D eigenvalue weighted by molar-refractivity contribution is 5.77. The first-order valence-corrected chi connectivity index (χ1v) is 8.67. The number of hydrogen-bond donors (Lipinski definition) is 2. The highest BCUT2D eigenvalue weighted by Gasteiger charge is 2.37. The molecule has 4 heteroatoms. The van der Waals surface area contributed by atoms with Gasteiger partial charge in [-0.15, -0.1) is 0 Å². The molecule has 0 aromatic heterocycles. The van der Waals surface area contributed by atoms with Gasteiger partial charge in [0.25, 0.3) is 0 Å². The number of nitrogens with two attached hydrogens (primary N) is 1. The van der Waals surface area contributed by atoms with E-state index in [1.807, 2.05) is 20.8 Å². The van der Waals surface area contributed by atoms with Crippen molar-refractivity contribution in [3.8, 4) is 0 Å². The molecule has 4 nitrogen and oxygen atoms in total. The number of rotatable bonds is 5. The Balaban J connectivity index is 1.94. The Morgan fingerprint density at radius 1 is 1.24 bits per heavy atom. The molecule has 122 valence electrons. The quantitative estimate of drug-likeness (QED) is 0.818. The second kappa shape index (κ2) is 7.10. The zero-order chi connectivity index (χ0) is 15.5.